The summed E-state index contributed by atoms with van der Waals surface area (Å²) in [6.07, 6.45) is 2.89. The molecule has 2 aliphatic rings. The van der Waals surface area contributed by atoms with Crippen LogP contribution < -0.4 is 4.74 Å². The molecule has 8 nitrogen and oxygen atoms in total. The molecular weight excluding hydrogens is 530 g/mol. The van der Waals surface area contributed by atoms with Crippen LogP contribution in [0.3, 0.4) is 0 Å². The Kier molecular flexibility index (Phi) is 8.95. The Morgan fingerprint density at radius 2 is 1.98 bits per heavy atom. The van der Waals surface area contributed by atoms with Crippen molar-refractivity contribution in [3.63, 3.8) is 0 Å². The molecule has 0 spiro atoms. The van der Waals surface area contributed by atoms with Crippen molar-refractivity contribution in [3.05, 3.63) is 64.3 Å². The van der Waals surface area contributed by atoms with Gasteiger partial charge in [0.05, 0.1) is 12.5 Å². The maximum Gasteiger partial charge on any atom is 0.411 e. The van der Waals surface area contributed by atoms with Gasteiger partial charge in [-0.15, -0.1) is 5.92 Å². The van der Waals surface area contributed by atoms with Crippen LogP contribution in [0.25, 0.3) is 10.9 Å². The van der Waals surface area contributed by atoms with E-state index in [1.54, 1.807) is 11.8 Å². The molecule has 1 saturated heterocycles. The van der Waals surface area contributed by atoms with Crippen LogP contribution in [0.4, 0.5) is 4.79 Å². The van der Waals surface area contributed by atoms with Gasteiger partial charge in [0.15, 0.2) is 6.61 Å². The summed E-state index contributed by atoms with van der Waals surface area (Å²) in [6, 6.07) is 13.4. The topological polar surface area (TPSA) is 95.1 Å². The van der Waals surface area contributed by atoms with Crippen molar-refractivity contribution in [1.82, 2.24) is 14.8 Å². The van der Waals surface area contributed by atoms with E-state index >= 15 is 0 Å². The zero-order valence-electron chi connectivity index (χ0n) is 22.6. The molecule has 9 heteroatoms. The number of aromatic nitrogens is 1. The molecule has 2 unspecified atom stereocenters. The largest absolute Gasteiger partial charge is 0.490 e. The fraction of sp³-hybridized carbons (Fsp3) is 0.419. The molecule has 2 N–H and O–H groups in total. The maximum atomic E-state index is 13.1. The van der Waals surface area contributed by atoms with E-state index < -0.39 is 6.09 Å². The molecule has 0 radical (unpaired) electrons. The molecule has 2 aromatic carbocycles. The number of aromatic amines is 1. The van der Waals surface area contributed by atoms with Crippen LogP contribution in [0.2, 0.25) is 5.02 Å². The number of ether oxygens (including phenoxy) is 2. The molecule has 40 heavy (non-hydrogen) atoms. The predicted molar refractivity (Wildman–Crippen MR) is 154 cm³/mol. The van der Waals surface area contributed by atoms with Crippen LogP contribution in [0.1, 0.15) is 42.6 Å². The number of rotatable bonds is 8. The molecule has 0 saturated carbocycles. The predicted octanol–water partition coefficient (Wildman–Crippen LogP) is 4.58. The van der Waals surface area contributed by atoms with E-state index in [9.17, 15) is 14.7 Å². The van der Waals surface area contributed by atoms with Gasteiger partial charge in [0.2, 0.25) is 0 Å². The highest BCUT2D eigenvalue weighted by atomic mass is 35.5. The number of aliphatic hydroxyl groups is 1. The summed E-state index contributed by atoms with van der Waals surface area (Å²) in [7, 11) is 0. The lowest BCUT2D eigenvalue weighted by Crippen LogP contribution is -2.41. The Bertz CT molecular complexity index is 1400. The molecule has 1 amide bonds. The molecule has 3 aromatic rings. The van der Waals surface area contributed by atoms with E-state index in [0.29, 0.717) is 24.5 Å². The number of aliphatic hydroxyl groups excluding tert-OH is 1. The van der Waals surface area contributed by atoms with Gasteiger partial charge in [0.25, 0.3) is 0 Å². The quantitative estimate of drug-likeness (QED) is 0.308. The Morgan fingerprint density at radius 3 is 2.67 bits per heavy atom. The molecule has 2 aliphatic heterocycles. The lowest BCUT2D eigenvalue weighted by atomic mass is 9.92. The second-order valence-corrected chi connectivity index (χ2v) is 10.7. The average molecular weight is 564 g/mol. The SMILES string of the molecule is CC#CCOC(=O)N1CCc2c([nH]c3ccc(Cl)cc23)C1c1ccc(OC2CCN(CC(C=O)CO)CC2)cc1. The van der Waals surface area contributed by atoms with Gasteiger partial charge in [-0.3, -0.25) is 4.90 Å². The minimum atomic E-state index is -0.403. The third-order valence-corrected chi connectivity index (χ3v) is 7.96. The zero-order valence-corrected chi connectivity index (χ0v) is 23.3. The third-order valence-electron chi connectivity index (χ3n) is 7.72. The first kappa shape index (κ1) is 28.0. The summed E-state index contributed by atoms with van der Waals surface area (Å²) < 4.78 is 11.8. The zero-order chi connectivity index (χ0) is 28.1. The van der Waals surface area contributed by atoms with Crippen molar-refractivity contribution >= 4 is 34.9 Å². The number of carbonyl (C=O) groups excluding carboxylic acids is 2. The van der Waals surface area contributed by atoms with E-state index in [4.69, 9.17) is 21.1 Å². The highest BCUT2D eigenvalue weighted by molar-refractivity contribution is 6.31. The number of hydrogen-bond acceptors (Lipinski definition) is 6. The van der Waals surface area contributed by atoms with Crippen molar-refractivity contribution in [2.45, 2.75) is 38.3 Å². The number of amides is 1. The number of hydrogen-bond donors (Lipinski definition) is 2. The van der Waals surface area contributed by atoms with Gasteiger partial charge in [-0.2, -0.15) is 0 Å². The van der Waals surface area contributed by atoms with Gasteiger partial charge >= 0.3 is 6.09 Å². The number of likely N-dealkylation sites (tertiary alicyclic amines) is 1. The molecule has 0 bridgehead atoms. The molecule has 3 heterocycles. The smallest absolute Gasteiger partial charge is 0.411 e. The first-order chi connectivity index (χ1) is 19.5. The van der Waals surface area contributed by atoms with E-state index in [2.05, 4.69) is 21.7 Å². The second kappa shape index (κ2) is 12.8. The summed E-state index contributed by atoms with van der Waals surface area (Å²) >= 11 is 6.31. The van der Waals surface area contributed by atoms with Crippen LogP contribution in [-0.4, -0.2) is 77.8 Å². The minimum Gasteiger partial charge on any atom is -0.490 e. The van der Waals surface area contributed by atoms with Crippen LogP contribution in [-0.2, 0) is 16.0 Å². The molecule has 210 valence electrons. The van der Waals surface area contributed by atoms with E-state index in [1.807, 2.05) is 42.5 Å². The highest BCUT2D eigenvalue weighted by Gasteiger charge is 2.35. The van der Waals surface area contributed by atoms with E-state index in [0.717, 1.165) is 65.7 Å². The molecule has 1 aromatic heterocycles. The maximum absolute atomic E-state index is 13.1. The van der Waals surface area contributed by atoms with Gasteiger partial charge in [0.1, 0.15) is 24.2 Å². The van der Waals surface area contributed by atoms with E-state index in [-0.39, 0.29) is 31.3 Å². The number of piperidine rings is 1. The standard InChI is InChI=1S/C31H34ClN3O5/c1-2-3-16-39-31(38)35-15-12-26-27-17-23(32)6-9-28(27)33-29(26)30(35)22-4-7-24(8-5-22)40-25-10-13-34(14-11-25)18-21(19-36)20-37/h4-9,17,19,21,25,30,33,37H,10-16,18,20H2,1H3. The van der Waals surface area contributed by atoms with Gasteiger partial charge in [0, 0.05) is 47.8 Å². The molecular formula is C31H34ClN3O5. The molecule has 5 rings (SSSR count). The van der Waals surface area contributed by atoms with Crippen LogP contribution in [0.5, 0.6) is 5.75 Å². The number of aldehydes is 1. The van der Waals surface area contributed by atoms with Gasteiger partial charge < -0.3 is 29.3 Å². The van der Waals surface area contributed by atoms with Crippen molar-refractivity contribution in [2.75, 3.05) is 39.4 Å². The third kappa shape index (κ3) is 6.12. The fourth-order valence-corrected chi connectivity index (χ4v) is 5.84. The van der Waals surface area contributed by atoms with Crippen LogP contribution in [0.15, 0.2) is 42.5 Å². The summed E-state index contributed by atoms with van der Waals surface area (Å²) in [4.78, 5) is 31.7. The lowest BCUT2D eigenvalue weighted by Gasteiger charge is -2.35. The minimum absolute atomic E-state index is 0.0507. The number of fused-ring (bicyclic) bond motifs is 3. The first-order valence-electron chi connectivity index (χ1n) is 13.7. The average Bonchev–Trinajstić information content (AvgIpc) is 3.34. The van der Waals surface area contributed by atoms with Crippen molar-refractivity contribution in [1.29, 1.82) is 0 Å². The summed E-state index contributed by atoms with van der Waals surface area (Å²) in [5.41, 5.74) is 4.05. The number of H-pyrrole nitrogens is 1. The lowest BCUT2D eigenvalue weighted by molar-refractivity contribution is -0.112. The number of nitrogens with one attached hydrogen (secondary N) is 1. The monoisotopic (exact) mass is 563 g/mol. The number of halogens is 1. The Hall–Kier alpha value is -3.51. The van der Waals surface area contributed by atoms with Crippen molar-refractivity contribution in [2.24, 2.45) is 5.92 Å². The second-order valence-electron chi connectivity index (χ2n) is 10.3. The highest BCUT2D eigenvalue weighted by Crippen LogP contribution is 2.40. The first-order valence-corrected chi connectivity index (χ1v) is 14.1. The number of benzene rings is 2. The van der Waals surface area contributed by atoms with Crippen LogP contribution >= 0.6 is 11.6 Å². The summed E-state index contributed by atoms with van der Waals surface area (Å²) in [5, 5.41) is 11.0. The summed E-state index contributed by atoms with van der Waals surface area (Å²) in [6.45, 7) is 4.37. The Labute approximate surface area is 239 Å². The van der Waals surface area contributed by atoms with Crippen molar-refractivity contribution in [3.8, 4) is 17.6 Å². The molecule has 0 aliphatic carbocycles. The van der Waals surface area contributed by atoms with Gasteiger partial charge in [-0.25, -0.2) is 4.79 Å². The number of carbonyl (C=O) groups is 2. The molecule has 1 fully saturated rings. The fourth-order valence-electron chi connectivity index (χ4n) is 5.66. The summed E-state index contributed by atoms with van der Waals surface area (Å²) in [5.74, 6) is 5.99. The van der Waals surface area contributed by atoms with Gasteiger partial charge in [-0.1, -0.05) is 29.7 Å². The molecule has 2 atom stereocenters. The Morgan fingerprint density at radius 1 is 1.20 bits per heavy atom. The Balaban J connectivity index is 1.34. The van der Waals surface area contributed by atoms with Crippen LogP contribution in [0, 0.1) is 17.8 Å². The van der Waals surface area contributed by atoms with Gasteiger partial charge in [-0.05, 0) is 67.6 Å². The van der Waals surface area contributed by atoms with Crippen molar-refractivity contribution < 1.29 is 24.2 Å². The number of nitrogens with zero attached hydrogens (tertiary/aromatic N) is 2. The van der Waals surface area contributed by atoms with E-state index in [1.165, 1.54) is 0 Å². The normalized spacial score (nSPS) is 18.5.